The van der Waals surface area contributed by atoms with Crippen LogP contribution in [0.5, 0.6) is 0 Å². The van der Waals surface area contributed by atoms with Gasteiger partial charge in [0.05, 0.1) is 0 Å². The molecule has 13 heavy (non-hydrogen) atoms. The van der Waals surface area contributed by atoms with Gasteiger partial charge in [0.2, 0.25) is 0 Å². The van der Waals surface area contributed by atoms with Gasteiger partial charge in [-0.25, -0.2) is 0 Å². The minimum absolute atomic E-state index is 0. The van der Waals surface area contributed by atoms with Crippen molar-refractivity contribution >= 4 is 10.8 Å². The number of aryl methyl sites for hydroxylation is 2. The Labute approximate surface area is 91.1 Å². The van der Waals surface area contributed by atoms with Crippen molar-refractivity contribution in [2.24, 2.45) is 0 Å². The van der Waals surface area contributed by atoms with Gasteiger partial charge in [0.1, 0.15) is 0 Å². The maximum atomic E-state index is 3.36. The Morgan fingerprint density at radius 3 is 2.54 bits per heavy atom. The van der Waals surface area contributed by atoms with E-state index in [1.165, 1.54) is 21.9 Å². The van der Waals surface area contributed by atoms with Gasteiger partial charge in [0.15, 0.2) is 0 Å². The molecule has 0 heterocycles. The maximum absolute atomic E-state index is 3.36. The SMILES string of the molecule is Cc1[c-]c2ccccc2cc1C.[Li+]. The molecule has 1 heteroatoms. The molecule has 0 N–H and O–H groups in total. The maximum Gasteiger partial charge on any atom is 1.00 e. The molecular weight excluding hydrogens is 151 g/mol. The zero-order valence-electron chi connectivity index (χ0n) is 8.39. The van der Waals surface area contributed by atoms with E-state index in [1.54, 1.807) is 0 Å². The molecule has 0 nitrogen and oxygen atoms in total. The first-order valence-electron chi connectivity index (χ1n) is 4.15. The molecule has 2 aromatic carbocycles. The van der Waals surface area contributed by atoms with Crippen molar-refractivity contribution in [2.45, 2.75) is 13.8 Å². The van der Waals surface area contributed by atoms with Gasteiger partial charge in [-0.2, -0.15) is 0 Å². The quantitative estimate of drug-likeness (QED) is 0.385. The Morgan fingerprint density at radius 1 is 1.08 bits per heavy atom. The Bertz CT molecular complexity index is 378. The molecule has 0 radical (unpaired) electrons. The first kappa shape index (κ1) is 10.4. The summed E-state index contributed by atoms with van der Waals surface area (Å²) in [4.78, 5) is 0. The van der Waals surface area contributed by atoms with Crippen LogP contribution in [0.3, 0.4) is 0 Å². The fraction of sp³-hybridized carbons (Fsp3) is 0.167. The Kier molecular flexibility index (Phi) is 3.20. The van der Waals surface area contributed by atoms with Gasteiger partial charge in [0.25, 0.3) is 0 Å². The van der Waals surface area contributed by atoms with Crippen LogP contribution in [0.2, 0.25) is 0 Å². The standard InChI is InChI=1S/C12H11.Li/c1-9-7-11-5-3-4-6-12(11)8-10(9)2;/h3-7H,1-2H3;/q-1;+1. The Hall–Kier alpha value is -0.703. The van der Waals surface area contributed by atoms with Crippen molar-refractivity contribution in [1.29, 1.82) is 0 Å². The van der Waals surface area contributed by atoms with Crippen molar-refractivity contribution in [3.8, 4) is 0 Å². The van der Waals surface area contributed by atoms with E-state index in [-0.39, 0.29) is 18.9 Å². The summed E-state index contributed by atoms with van der Waals surface area (Å²) >= 11 is 0. The van der Waals surface area contributed by atoms with E-state index >= 15 is 0 Å². The van der Waals surface area contributed by atoms with E-state index in [0.717, 1.165) is 0 Å². The average Bonchev–Trinajstić information content (AvgIpc) is 2.07. The Morgan fingerprint density at radius 2 is 1.77 bits per heavy atom. The summed E-state index contributed by atoms with van der Waals surface area (Å²) in [5.41, 5.74) is 2.56. The van der Waals surface area contributed by atoms with Gasteiger partial charge in [-0.05, 0) is 0 Å². The zero-order chi connectivity index (χ0) is 8.55. The monoisotopic (exact) mass is 162 g/mol. The summed E-state index contributed by atoms with van der Waals surface area (Å²) in [6.45, 7) is 4.22. The molecule has 0 bridgehead atoms. The van der Waals surface area contributed by atoms with Crippen molar-refractivity contribution in [2.75, 3.05) is 0 Å². The van der Waals surface area contributed by atoms with Crippen LogP contribution in [0.1, 0.15) is 11.1 Å². The van der Waals surface area contributed by atoms with Crippen molar-refractivity contribution in [1.82, 2.24) is 0 Å². The minimum atomic E-state index is 0. The second-order valence-corrected chi connectivity index (χ2v) is 3.16. The van der Waals surface area contributed by atoms with E-state index in [2.05, 4.69) is 44.2 Å². The summed E-state index contributed by atoms with van der Waals surface area (Å²) in [7, 11) is 0. The van der Waals surface area contributed by atoms with E-state index in [1.807, 2.05) is 6.07 Å². The first-order valence-corrected chi connectivity index (χ1v) is 4.15. The second-order valence-electron chi connectivity index (χ2n) is 3.16. The van der Waals surface area contributed by atoms with Gasteiger partial charge in [0, 0.05) is 0 Å². The van der Waals surface area contributed by atoms with E-state index < -0.39 is 0 Å². The van der Waals surface area contributed by atoms with Gasteiger partial charge < -0.3 is 0 Å². The summed E-state index contributed by atoms with van der Waals surface area (Å²) in [6, 6.07) is 13.9. The molecule has 0 spiro atoms. The summed E-state index contributed by atoms with van der Waals surface area (Å²) in [5.74, 6) is 0. The minimum Gasteiger partial charge on any atom is -0.143 e. The van der Waals surface area contributed by atoms with Crippen LogP contribution in [0.15, 0.2) is 30.3 Å². The smallest absolute Gasteiger partial charge is 0.143 e. The van der Waals surface area contributed by atoms with Crippen LogP contribution in [-0.2, 0) is 0 Å². The third-order valence-corrected chi connectivity index (χ3v) is 2.25. The van der Waals surface area contributed by atoms with Crippen LogP contribution in [0.4, 0.5) is 0 Å². The number of rotatable bonds is 0. The predicted octanol–water partition coefficient (Wildman–Crippen LogP) is 0.261. The number of fused-ring (bicyclic) bond motifs is 1. The zero-order valence-corrected chi connectivity index (χ0v) is 8.39. The molecule has 0 saturated heterocycles. The molecule has 0 unspecified atom stereocenters. The molecule has 2 rings (SSSR count). The first-order chi connectivity index (χ1) is 5.77. The molecule has 60 valence electrons. The topological polar surface area (TPSA) is 0 Å². The van der Waals surface area contributed by atoms with Crippen molar-refractivity contribution in [3.63, 3.8) is 0 Å². The molecule has 2 aromatic rings. The van der Waals surface area contributed by atoms with Crippen LogP contribution in [0, 0.1) is 19.9 Å². The number of hydrogen-bond acceptors (Lipinski definition) is 0. The van der Waals surface area contributed by atoms with Crippen molar-refractivity contribution < 1.29 is 18.9 Å². The largest absolute Gasteiger partial charge is 1.00 e. The molecule has 0 saturated carbocycles. The summed E-state index contributed by atoms with van der Waals surface area (Å²) in [6.07, 6.45) is 0. The van der Waals surface area contributed by atoms with Gasteiger partial charge >= 0.3 is 18.9 Å². The number of benzene rings is 2. The third kappa shape index (κ3) is 1.96. The average molecular weight is 162 g/mol. The molecular formula is C12H11Li. The Balaban J connectivity index is 0.000000845. The van der Waals surface area contributed by atoms with Crippen LogP contribution in [0.25, 0.3) is 10.8 Å². The fourth-order valence-electron chi connectivity index (χ4n) is 1.38. The van der Waals surface area contributed by atoms with Crippen LogP contribution < -0.4 is 18.9 Å². The molecule has 0 fully saturated rings. The summed E-state index contributed by atoms with van der Waals surface area (Å²) < 4.78 is 0. The van der Waals surface area contributed by atoms with E-state index in [4.69, 9.17) is 0 Å². The molecule has 0 aromatic heterocycles. The molecule has 0 aliphatic carbocycles. The second kappa shape index (κ2) is 4.00. The van der Waals surface area contributed by atoms with E-state index in [0.29, 0.717) is 0 Å². The van der Waals surface area contributed by atoms with Crippen molar-refractivity contribution in [3.05, 3.63) is 47.5 Å². The predicted molar refractivity (Wildman–Crippen MR) is 52.3 cm³/mol. The third-order valence-electron chi connectivity index (χ3n) is 2.25. The molecule has 0 atom stereocenters. The normalized spacial score (nSPS) is 9.69. The van der Waals surface area contributed by atoms with Crippen LogP contribution in [-0.4, -0.2) is 0 Å². The van der Waals surface area contributed by atoms with E-state index in [9.17, 15) is 0 Å². The molecule has 0 aliphatic rings. The molecule has 0 aliphatic heterocycles. The molecule has 0 amide bonds. The van der Waals surface area contributed by atoms with Gasteiger partial charge in [-0.3, -0.25) is 0 Å². The van der Waals surface area contributed by atoms with Crippen LogP contribution >= 0.6 is 0 Å². The van der Waals surface area contributed by atoms with Gasteiger partial charge in [-0.1, -0.05) is 26.0 Å². The number of hydrogen-bond donors (Lipinski definition) is 0. The summed E-state index contributed by atoms with van der Waals surface area (Å²) in [5, 5.41) is 2.49. The fourth-order valence-corrected chi connectivity index (χ4v) is 1.38. The van der Waals surface area contributed by atoms with Gasteiger partial charge in [-0.15, -0.1) is 46.2 Å².